The van der Waals surface area contributed by atoms with Crippen LogP contribution in [0, 0.1) is 22.7 Å². The molecular weight excluding hydrogens is 452 g/mol. The first-order valence-electron chi connectivity index (χ1n) is 11.0. The summed E-state index contributed by atoms with van der Waals surface area (Å²) in [5.41, 5.74) is 7.76. The number of aromatic nitrogens is 1. The predicted molar refractivity (Wildman–Crippen MR) is 126 cm³/mol. The standard InChI is InChI=1S/C24H24N6O3S/c1-14-13-29(9-10-30(14)24(32)33)22-17(11-25)19(15-7-8-15)18(12-26)23(28-22)34-20(21(27)31)16-5-3-2-4-6-16/h2-6,14-15,20H,7-10,13H2,1H3,(H2,27,31)(H,32,33). The fourth-order valence-electron chi connectivity index (χ4n) is 4.35. The van der Waals surface area contributed by atoms with E-state index in [0.29, 0.717) is 46.2 Å². The van der Waals surface area contributed by atoms with Crippen molar-refractivity contribution in [2.75, 3.05) is 24.5 Å². The average molecular weight is 477 g/mol. The van der Waals surface area contributed by atoms with Crippen molar-refractivity contribution >= 4 is 29.6 Å². The van der Waals surface area contributed by atoms with Gasteiger partial charge in [0.15, 0.2) is 0 Å². The normalized spacial score (nSPS) is 18.6. The summed E-state index contributed by atoms with van der Waals surface area (Å²) < 4.78 is 0. The molecule has 0 spiro atoms. The highest BCUT2D eigenvalue weighted by atomic mass is 32.2. The van der Waals surface area contributed by atoms with Crippen LogP contribution in [0.3, 0.4) is 0 Å². The van der Waals surface area contributed by atoms with Crippen molar-refractivity contribution in [2.24, 2.45) is 5.73 Å². The fraction of sp³-hybridized carbons (Fsp3) is 0.375. The summed E-state index contributed by atoms with van der Waals surface area (Å²) >= 11 is 1.12. The third kappa shape index (κ3) is 4.50. The number of rotatable bonds is 6. The molecule has 0 bridgehead atoms. The lowest BCUT2D eigenvalue weighted by molar-refractivity contribution is -0.117. The summed E-state index contributed by atoms with van der Waals surface area (Å²) in [6.45, 7) is 2.83. The minimum Gasteiger partial charge on any atom is -0.465 e. The van der Waals surface area contributed by atoms with Crippen LogP contribution in [0.25, 0.3) is 0 Å². The van der Waals surface area contributed by atoms with Crippen molar-refractivity contribution in [3.63, 3.8) is 0 Å². The van der Waals surface area contributed by atoms with Crippen LogP contribution in [0.2, 0.25) is 0 Å². The fourth-order valence-corrected chi connectivity index (χ4v) is 5.39. The number of primary amides is 1. The van der Waals surface area contributed by atoms with E-state index in [1.807, 2.05) is 30.0 Å². The van der Waals surface area contributed by atoms with Crippen LogP contribution in [0.1, 0.15) is 53.2 Å². The predicted octanol–water partition coefficient (Wildman–Crippen LogP) is 3.21. The number of benzene rings is 1. The van der Waals surface area contributed by atoms with Crippen molar-refractivity contribution in [3.8, 4) is 12.1 Å². The first-order valence-corrected chi connectivity index (χ1v) is 11.9. The molecule has 9 nitrogen and oxygen atoms in total. The molecule has 3 N–H and O–H groups in total. The number of hydrogen-bond donors (Lipinski definition) is 2. The molecule has 34 heavy (non-hydrogen) atoms. The molecule has 4 rings (SSSR count). The van der Waals surface area contributed by atoms with E-state index in [9.17, 15) is 25.2 Å². The minimum absolute atomic E-state index is 0.0897. The molecule has 1 saturated heterocycles. The van der Waals surface area contributed by atoms with Crippen LogP contribution >= 0.6 is 11.8 Å². The third-order valence-electron chi connectivity index (χ3n) is 6.16. The molecule has 0 radical (unpaired) electrons. The second kappa shape index (κ2) is 9.62. The molecule has 1 aromatic carbocycles. The molecule has 1 aliphatic carbocycles. The number of piperazine rings is 1. The molecule has 2 aromatic rings. The van der Waals surface area contributed by atoms with E-state index in [1.165, 1.54) is 4.90 Å². The number of nitriles is 2. The van der Waals surface area contributed by atoms with Gasteiger partial charge >= 0.3 is 6.09 Å². The number of carbonyl (C=O) groups excluding carboxylic acids is 1. The zero-order valence-electron chi connectivity index (χ0n) is 18.6. The number of nitrogens with two attached hydrogens (primary N) is 1. The van der Waals surface area contributed by atoms with Gasteiger partial charge in [-0.25, -0.2) is 9.78 Å². The Bertz CT molecular complexity index is 1200. The van der Waals surface area contributed by atoms with E-state index in [2.05, 4.69) is 12.1 Å². The number of carboxylic acid groups (broad SMARTS) is 1. The molecule has 2 amide bonds. The maximum absolute atomic E-state index is 12.4. The van der Waals surface area contributed by atoms with Crippen LogP contribution in [0.4, 0.5) is 10.6 Å². The molecule has 1 saturated carbocycles. The lowest BCUT2D eigenvalue weighted by Gasteiger charge is -2.39. The van der Waals surface area contributed by atoms with Crippen LogP contribution in [-0.2, 0) is 4.79 Å². The molecule has 2 unspecified atom stereocenters. The highest BCUT2D eigenvalue weighted by Crippen LogP contribution is 2.48. The molecule has 2 fully saturated rings. The summed E-state index contributed by atoms with van der Waals surface area (Å²) in [5.74, 6) is -0.0320. The molecule has 2 atom stereocenters. The zero-order chi connectivity index (χ0) is 24.4. The summed E-state index contributed by atoms with van der Waals surface area (Å²) in [7, 11) is 0. The Morgan fingerprint density at radius 2 is 1.85 bits per heavy atom. The quantitative estimate of drug-likeness (QED) is 0.604. The summed E-state index contributed by atoms with van der Waals surface area (Å²) in [4.78, 5) is 31.8. The van der Waals surface area contributed by atoms with Gasteiger partial charge in [0.2, 0.25) is 5.91 Å². The van der Waals surface area contributed by atoms with Gasteiger partial charge < -0.3 is 20.6 Å². The Balaban J connectivity index is 1.80. The average Bonchev–Trinajstić information content (AvgIpc) is 3.66. The summed E-state index contributed by atoms with van der Waals surface area (Å²) in [5, 5.41) is 29.1. The van der Waals surface area contributed by atoms with E-state index < -0.39 is 17.3 Å². The molecule has 174 valence electrons. The van der Waals surface area contributed by atoms with E-state index in [4.69, 9.17) is 10.7 Å². The number of pyridine rings is 1. The van der Waals surface area contributed by atoms with E-state index in [1.54, 1.807) is 12.1 Å². The van der Waals surface area contributed by atoms with Gasteiger partial charge in [0.05, 0.1) is 11.1 Å². The van der Waals surface area contributed by atoms with E-state index >= 15 is 0 Å². The molecule has 1 aromatic heterocycles. The highest BCUT2D eigenvalue weighted by Gasteiger charge is 2.37. The second-order valence-electron chi connectivity index (χ2n) is 8.48. The van der Waals surface area contributed by atoms with Gasteiger partial charge in [-0.1, -0.05) is 42.1 Å². The van der Waals surface area contributed by atoms with Crippen LogP contribution in [-0.4, -0.2) is 52.7 Å². The van der Waals surface area contributed by atoms with Crippen LogP contribution in [0.15, 0.2) is 35.4 Å². The Labute approximate surface area is 201 Å². The first-order chi connectivity index (χ1) is 16.3. The number of thioether (sulfide) groups is 1. The van der Waals surface area contributed by atoms with Gasteiger partial charge in [0.1, 0.15) is 28.2 Å². The number of amides is 2. The van der Waals surface area contributed by atoms with Gasteiger partial charge in [-0.05, 0) is 36.8 Å². The number of hydrogen-bond acceptors (Lipinski definition) is 7. The van der Waals surface area contributed by atoms with Crippen molar-refractivity contribution in [1.82, 2.24) is 9.88 Å². The van der Waals surface area contributed by atoms with Gasteiger partial charge in [-0.2, -0.15) is 10.5 Å². The third-order valence-corrected chi connectivity index (χ3v) is 7.41. The molecule has 2 aliphatic rings. The Morgan fingerprint density at radius 3 is 2.38 bits per heavy atom. The summed E-state index contributed by atoms with van der Waals surface area (Å²) in [6.07, 6.45) is 0.762. The maximum atomic E-state index is 12.4. The zero-order valence-corrected chi connectivity index (χ0v) is 19.5. The largest absolute Gasteiger partial charge is 0.465 e. The van der Waals surface area contributed by atoms with Crippen molar-refractivity contribution in [2.45, 2.75) is 42.0 Å². The molecule has 2 heterocycles. The van der Waals surface area contributed by atoms with Crippen molar-refractivity contribution in [3.05, 3.63) is 52.6 Å². The Kier molecular flexibility index (Phi) is 6.62. The molecular formula is C24H24N6O3S. The van der Waals surface area contributed by atoms with Gasteiger partial charge in [0, 0.05) is 25.7 Å². The van der Waals surface area contributed by atoms with Gasteiger partial charge in [-0.3, -0.25) is 4.79 Å². The second-order valence-corrected chi connectivity index (χ2v) is 9.58. The molecule has 1 aliphatic heterocycles. The lowest BCUT2D eigenvalue weighted by atomic mass is 9.99. The maximum Gasteiger partial charge on any atom is 0.407 e. The first kappa shape index (κ1) is 23.4. The topological polar surface area (TPSA) is 147 Å². The van der Waals surface area contributed by atoms with Gasteiger partial charge in [0.25, 0.3) is 0 Å². The number of carbonyl (C=O) groups is 2. The Morgan fingerprint density at radius 1 is 1.18 bits per heavy atom. The van der Waals surface area contributed by atoms with Crippen LogP contribution in [0.5, 0.6) is 0 Å². The van der Waals surface area contributed by atoms with E-state index in [0.717, 1.165) is 24.6 Å². The SMILES string of the molecule is CC1CN(c2nc(SC(C(N)=O)c3ccccc3)c(C#N)c(C3CC3)c2C#N)CCN1C(=O)O. The monoisotopic (exact) mass is 476 g/mol. The number of anilines is 1. The van der Waals surface area contributed by atoms with Crippen molar-refractivity contribution < 1.29 is 14.7 Å². The number of nitrogens with zero attached hydrogens (tertiary/aromatic N) is 5. The van der Waals surface area contributed by atoms with E-state index in [-0.39, 0.29) is 18.5 Å². The van der Waals surface area contributed by atoms with Crippen molar-refractivity contribution in [1.29, 1.82) is 10.5 Å². The minimum atomic E-state index is -0.984. The summed E-state index contributed by atoms with van der Waals surface area (Å²) in [6, 6.07) is 13.3. The molecule has 10 heteroatoms. The van der Waals surface area contributed by atoms with Crippen LogP contribution < -0.4 is 10.6 Å². The highest BCUT2D eigenvalue weighted by molar-refractivity contribution is 8.00. The smallest absolute Gasteiger partial charge is 0.407 e. The van der Waals surface area contributed by atoms with Gasteiger partial charge in [-0.15, -0.1) is 0 Å². The Hall–Kier alpha value is -3.76. The lowest BCUT2D eigenvalue weighted by Crippen LogP contribution is -2.54.